The summed E-state index contributed by atoms with van der Waals surface area (Å²) in [4.78, 5) is 18.7. The van der Waals surface area contributed by atoms with E-state index in [1.165, 1.54) is 5.56 Å². The molecule has 0 saturated carbocycles. The van der Waals surface area contributed by atoms with Crippen molar-refractivity contribution in [3.63, 3.8) is 0 Å². The summed E-state index contributed by atoms with van der Waals surface area (Å²) >= 11 is 0. The van der Waals surface area contributed by atoms with Gasteiger partial charge in [0.05, 0.1) is 13.4 Å². The first-order chi connectivity index (χ1) is 12.6. The van der Waals surface area contributed by atoms with Crippen molar-refractivity contribution in [2.75, 3.05) is 14.2 Å². The Morgan fingerprint density at radius 2 is 2.00 bits per heavy atom. The molecule has 26 heavy (non-hydrogen) atoms. The lowest BCUT2D eigenvalue weighted by atomic mass is 10.0. The third-order valence-electron chi connectivity index (χ3n) is 4.57. The van der Waals surface area contributed by atoms with E-state index in [1.54, 1.807) is 24.5 Å². The summed E-state index contributed by atoms with van der Waals surface area (Å²) in [7, 11) is 3.50. The molecule has 5 nitrogen and oxygen atoms in total. The number of rotatable bonds is 6. The number of carbonyl (C=O) groups excluding carboxylic acids is 1. The van der Waals surface area contributed by atoms with Gasteiger partial charge in [-0.3, -0.25) is 4.79 Å². The fourth-order valence-electron chi connectivity index (χ4n) is 2.85. The monoisotopic (exact) mass is 349 g/mol. The topological polar surface area (TPSA) is 47.4 Å². The molecule has 1 heterocycles. The van der Waals surface area contributed by atoms with Crippen molar-refractivity contribution in [1.29, 1.82) is 0 Å². The number of likely N-dealkylation sites (N-methyl/N-ethyl adjacent to an activating group) is 1. The largest absolute Gasteiger partial charge is 0.497 e. The number of imidazole rings is 1. The summed E-state index contributed by atoms with van der Waals surface area (Å²) in [6.45, 7) is 2.06. The van der Waals surface area contributed by atoms with E-state index in [1.807, 2.05) is 66.3 Å². The van der Waals surface area contributed by atoms with Crippen LogP contribution >= 0.6 is 0 Å². The predicted octanol–water partition coefficient (Wildman–Crippen LogP) is 3.58. The Labute approximate surface area is 153 Å². The van der Waals surface area contributed by atoms with Gasteiger partial charge in [-0.1, -0.05) is 18.2 Å². The Balaban J connectivity index is 1.71. The van der Waals surface area contributed by atoms with E-state index < -0.39 is 0 Å². The third-order valence-corrected chi connectivity index (χ3v) is 4.57. The van der Waals surface area contributed by atoms with Crippen molar-refractivity contribution in [1.82, 2.24) is 14.5 Å². The van der Waals surface area contributed by atoms with Crippen molar-refractivity contribution in [3.8, 4) is 11.4 Å². The highest BCUT2D eigenvalue weighted by molar-refractivity contribution is 5.94. The number of methoxy groups -OCH3 is 1. The molecule has 0 unspecified atom stereocenters. The molecule has 0 fully saturated rings. The van der Waals surface area contributed by atoms with Crippen LogP contribution in [0.2, 0.25) is 0 Å². The van der Waals surface area contributed by atoms with Crippen LogP contribution in [-0.2, 0) is 6.42 Å². The smallest absolute Gasteiger partial charge is 0.253 e. The first-order valence-corrected chi connectivity index (χ1v) is 8.57. The molecule has 0 N–H and O–H groups in total. The molecule has 134 valence electrons. The fraction of sp³-hybridized carbons (Fsp3) is 0.238. The van der Waals surface area contributed by atoms with Gasteiger partial charge in [-0.25, -0.2) is 4.98 Å². The maximum absolute atomic E-state index is 12.9. The average Bonchev–Trinajstić information content (AvgIpc) is 3.22. The van der Waals surface area contributed by atoms with Crippen LogP contribution in [0.3, 0.4) is 0 Å². The third kappa shape index (κ3) is 3.94. The van der Waals surface area contributed by atoms with Gasteiger partial charge in [-0.05, 0) is 49.2 Å². The van der Waals surface area contributed by atoms with Gasteiger partial charge in [0.25, 0.3) is 5.91 Å². The Morgan fingerprint density at radius 3 is 2.65 bits per heavy atom. The Kier molecular flexibility index (Phi) is 5.37. The van der Waals surface area contributed by atoms with Crippen LogP contribution in [-0.4, -0.2) is 40.6 Å². The van der Waals surface area contributed by atoms with Gasteiger partial charge in [0.1, 0.15) is 5.75 Å². The van der Waals surface area contributed by atoms with E-state index in [9.17, 15) is 4.79 Å². The van der Waals surface area contributed by atoms with Crippen molar-refractivity contribution in [3.05, 3.63) is 78.4 Å². The van der Waals surface area contributed by atoms with Gasteiger partial charge in [-0.15, -0.1) is 0 Å². The van der Waals surface area contributed by atoms with Crippen molar-refractivity contribution < 1.29 is 9.53 Å². The van der Waals surface area contributed by atoms with Crippen LogP contribution < -0.4 is 4.74 Å². The van der Waals surface area contributed by atoms with Crippen LogP contribution in [0.15, 0.2) is 67.3 Å². The lowest BCUT2D eigenvalue weighted by Crippen LogP contribution is -2.36. The first kappa shape index (κ1) is 17.7. The zero-order valence-electron chi connectivity index (χ0n) is 15.3. The van der Waals surface area contributed by atoms with E-state index in [0.717, 1.165) is 17.9 Å². The van der Waals surface area contributed by atoms with Gasteiger partial charge in [0, 0.05) is 36.7 Å². The molecule has 3 aromatic rings. The summed E-state index contributed by atoms with van der Waals surface area (Å²) in [6, 6.07) is 15.6. The predicted molar refractivity (Wildman–Crippen MR) is 102 cm³/mol. The van der Waals surface area contributed by atoms with Crippen LogP contribution in [0.5, 0.6) is 5.75 Å². The molecule has 0 spiro atoms. The van der Waals surface area contributed by atoms with Crippen molar-refractivity contribution in [2.24, 2.45) is 0 Å². The lowest BCUT2D eigenvalue weighted by Gasteiger charge is -2.25. The zero-order valence-corrected chi connectivity index (χ0v) is 15.3. The molecular weight excluding hydrogens is 326 g/mol. The first-order valence-electron chi connectivity index (χ1n) is 8.57. The Bertz CT molecular complexity index is 857. The standard InChI is InChI=1S/C21H23N3O2/c1-16(13-17-7-9-20(26-3)10-8-17)23(2)21(25)18-5-4-6-19(14-18)24-12-11-22-15-24/h4-12,14-16H,13H2,1-3H3/t16-/m1/s1. The maximum atomic E-state index is 12.9. The zero-order chi connectivity index (χ0) is 18.5. The second-order valence-corrected chi connectivity index (χ2v) is 6.34. The van der Waals surface area contributed by atoms with Crippen LogP contribution in [0.25, 0.3) is 5.69 Å². The molecule has 1 amide bonds. The highest BCUT2D eigenvalue weighted by Crippen LogP contribution is 2.17. The number of hydrogen-bond acceptors (Lipinski definition) is 3. The van der Waals surface area contributed by atoms with Gasteiger partial charge in [0.2, 0.25) is 0 Å². The van der Waals surface area contributed by atoms with E-state index in [-0.39, 0.29) is 11.9 Å². The second kappa shape index (κ2) is 7.87. The number of hydrogen-bond donors (Lipinski definition) is 0. The molecule has 0 radical (unpaired) electrons. The number of nitrogens with zero attached hydrogens (tertiary/aromatic N) is 3. The molecule has 1 aromatic heterocycles. The number of carbonyl (C=O) groups is 1. The fourth-order valence-corrected chi connectivity index (χ4v) is 2.85. The molecule has 1 atom stereocenters. The van der Waals surface area contributed by atoms with E-state index >= 15 is 0 Å². The normalized spacial score (nSPS) is 11.8. The molecule has 0 saturated heterocycles. The summed E-state index contributed by atoms with van der Waals surface area (Å²) in [5.74, 6) is 0.843. The molecule has 0 bridgehead atoms. The van der Waals surface area contributed by atoms with Crippen LogP contribution in [0.1, 0.15) is 22.8 Å². The van der Waals surface area contributed by atoms with Crippen LogP contribution in [0, 0.1) is 0 Å². The molecule has 2 aromatic carbocycles. The average molecular weight is 349 g/mol. The summed E-state index contributed by atoms with van der Waals surface area (Å²) in [6.07, 6.45) is 6.09. The number of aromatic nitrogens is 2. The summed E-state index contributed by atoms with van der Waals surface area (Å²) < 4.78 is 7.07. The minimum Gasteiger partial charge on any atom is -0.497 e. The second-order valence-electron chi connectivity index (χ2n) is 6.34. The van der Waals surface area contributed by atoms with Gasteiger partial charge >= 0.3 is 0 Å². The molecule has 0 aliphatic rings. The van der Waals surface area contributed by atoms with E-state index in [4.69, 9.17) is 4.74 Å². The SMILES string of the molecule is COc1ccc(C[C@@H](C)N(C)C(=O)c2cccc(-n3ccnc3)c2)cc1. The Hall–Kier alpha value is -3.08. The van der Waals surface area contributed by atoms with Crippen LogP contribution in [0.4, 0.5) is 0 Å². The van der Waals surface area contributed by atoms with Gasteiger partial charge in [-0.2, -0.15) is 0 Å². The number of benzene rings is 2. The van der Waals surface area contributed by atoms with E-state index in [2.05, 4.69) is 11.9 Å². The molecule has 5 heteroatoms. The quantitative estimate of drug-likeness (QED) is 0.683. The summed E-state index contributed by atoms with van der Waals surface area (Å²) in [5.41, 5.74) is 2.76. The number of amides is 1. The Morgan fingerprint density at radius 1 is 1.23 bits per heavy atom. The highest BCUT2D eigenvalue weighted by Gasteiger charge is 2.18. The molecule has 0 aliphatic carbocycles. The minimum atomic E-state index is 0.00739. The van der Waals surface area contributed by atoms with Gasteiger partial charge < -0.3 is 14.2 Å². The number of ether oxygens (including phenoxy) is 1. The van der Waals surface area contributed by atoms with Gasteiger partial charge in [0.15, 0.2) is 0 Å². The molecule has 3 rings (SSSR count). The maximum Gasteiger partial charge on any atom is 0.253 e. The minimum absolute atomic E-state index is 0.00739. The van der Waals surface area contributed by atoms with Crippen molar-refractivity contribution >= 4 is 5.91 Å². The van der Waals surface area contributed by atoms with E-state index in [0.29, 0.717) is 5.56 Å². The lowest BCUT2D eigenvalue weighted by molar-refractivity contribution is 0.0743. The molecule has 0 aliphatic heterocycles. The highest BCUT2D eigenvalue weighted by atomic mass is 16.5. The van der Waals surface area contributed by atoms with Crippen molar-refractivity contribution in [2.45, 2.75) is 19.4 Å². The summed E-state index contributed by atoms with van der Waals surface area (Å²) in [5, 5.41) is 0. The molecular formula is C21H23N3O2.